The van der Waals surface area contributed by atoms with E-state index in [0.717, 1.165) is 54.5 Å². The maximum absolute atomic E-state index is 13.1. The number of H-pyrrole nitrogens is 1. The summed E-state index contributed by atoms with van der Waals surface area (Å²) < 4.78 is 0. The van der Waals surface area contributed by atoms with Crippen LogP contribution in [0, 0.1) is 5.92 Å². The minimum Gasteiger partial charge on any atom is -0.358 e. The Kier molecular flexibility index (Phi) is 3.42. The van der Waals surface area contributed by atoms with Crippen molar-refractivity contribution in [2.24, 2.45) is 5.92 Å². The molecule has 0 spiro atoms. The lowest BCUT2D eigenvalue weighted by molar-refractivity contribution is -0.145. The molecule has 3 amide bonds. The number of aromatic amines is 1. The molecule has 26 heavy (non-hydrogen) atoms. The molecule has 134 valence electrons. The molecule has 3 heterocycles. The number of rotatable bonds is 2. The largest absolute Gasteiger partial charge is 0.358 e. The van der Waals surface area contributed by atoms with Crippen molar-refractivity contribution in [1.29, 1.82) is 0 Å². The Morgan fingerprint density at radius 1 is 1.12 bits per heavy atom. The minimum atomic E-state index is -0.450. The molecular weight excluding hydrogens is 330 g/mol. The molecule has 2 atom stereocenters. The number of likely N-dealkylation sites (tertiary alicyclic amines) is 2. The number of nitrogens with zero attached hydrogens (tertiary/aromatic N) is 2. The topological polar surface area (TPSA) is 73.5 Å². The number of imide groups is 1. The molecule has 1 aliphatic carbocycles. The van der Waals surface area contributed by atoms with Crippen molar-refractivity contribution in [3.8, 4) is 0 Å². The molecule has 2 aromatic rings. The Morgan fingerprint density at radius 3 is 2.69 bits per heavy atom. The smallest absolute Gasteiger partial charge is 0.242 e. The number of aryl methyl sites for hydroxylation is 1. The van der Waals surface area contributed by atoms with Gasteiger partial charge in [0.25, 0.3) is 0 Å². The van der Waals surface area contributed by atoms with Gasteiger partial charge in [-0.05, 0) is 37.3 Å². The van der Waals surface area contributed by atoms with E-state index in [1.165, 1.54) is 4.90 Å². The Hall–Kier alpha value is -2.63. The predicted molar refractivity (Wildman–Crippen MR) is 95.4 cm³/mol. The number of nitrogens with one attached hydrogen (secondary N) is 1. The number of carbonyl (C=O) groups is 3. The van der Waals surface area contributed by atoms with Crippen molar-refractivity contribution in [3.05, 3.63) is 35.5 Å². The summed E-state index contributed by atoms with van der Waals surface area (Å²) in [4.78, 5) is 44.9. The van der Waals surface area contributed by atoms with Crippen molar-refractivity contribution in [3.63, 3.8) is 0 Å². The summed E-state index contributed by atoms with van der Waals surface area (Å²) in [5.74, 6) is -1.28. The van der Waals surface area contributed by atoms with Crippen LogP contribution in [-0.2, 0) is 20.8 Å². The highest BCUT2D eigenvalue weighted by Gasteiger charge is 2.52. The summed E-state index contributed by atoms with van der Waals surface area (Å²) in [5, 5.41) is 1.02. The van der Waals surface area contributed by atoms with Crippen LogP contribution in [0.4, 0.5) is 0 Å². The lowest BCUT2D eigenvalue weighted by Gasteiger charge is -2.21. The van der Waals surface area contributed by atoms with Crippen LogP contribution in [0.3, 0.4) is 0 Å². The summed E-state index contributed by atoms with van der Waals surface area (Å²) >= 11 is 0. The molecule has 0 bridgehead atoms. The third kappa shape index (κ3) is 2.14. The molecule has 0 saturated carbocycles. The van der Waals surface area contributed by atoms with Gasteiger partial charge in [-0.15, -0.1) is 0 Å². The van der Waals surface area contributed by atoms with Gasteiger partial charge in [0.15, 0.2) is 0 Å². The van der Waals surface area contributed by atoms with Crippen molar-refractivity contribution in [1.82, 2.24) is 14.8 Å². The number of fused-ring (bicyclic) bond motifs is 5. The monoisotopic (exact) mass is 351 g/mol. The fourth-order valence-corrected chi connectivity index (χ4v) is 4.84. The highest BCUT2D eigenvalue weighted by molar-refractivity contribution is 6.11. The van der Waals surface area contributed by atoms with Gasteiger partial charge in [0.1, 0.15) is 6.54 Å². The standard InChI is InChI=1S/C20H21N3O3/c24-16(22-9-3-4-10-22)11-23-19(25)13-7-8-15-17(18(13)20(23)26)12-5-1-2-6-14(12)21-15/h1-2,5-6,13,18,21H,3-4,7-11H2/t13-,18+/m0/s1. The maximum atomic E-state index is 13.1. The average Bonchev–Trinajstić information content (AvgIpc) is 3.35. The molecule has 5 rings (SSSR count). The number of para-hydroxylation sites is 1. The van der Waals surface area contributed by atoms with Crippen LogP contribution in [0.1, 0.15) is 36.4 Å². The van der Waals surface area contributed by atoms with Crippen molar-refractivity contribution in [2.75, 3.05) is 19.6 Å². The first kappa shape index (κ1) is 15.6. The van der Waals surface area contributed by atoms with Gasteiger partial charge < -0.3 is 9.88 Å². The second-order valence-electron chi connectivity index (χ2n) is 7.54. The number of benzene rings is 1. The van der Waals surface area contributed by atoms with Crippen molar-refractivity contribution < 1.29 is 14.4 Å². The molecule has 2 aliphatic heterocycles. The van der Waals surface area contributed by atoms with Gasteiger partial charge in [0.2, 0.25) is 17.7 Å². The summed E-state index contributed by atoms with van der Waals surface area (Å²) in [6.45, 7) is 1.35. The molecule has 1 aromatic heterocycles. The van der Waals surface area contributed by atoms with Crippen LogP contribution < -0.4 is 0 Å². The molecule has 0 radical (unpaired) electrons. The lowest BCUT2D eigenvalue weighted by Crippen LogP contribution is -2.42. The normalized spacial score (nSPS) is 25.1. The van der Waals surface area contributed by atoms with E-state index in [-0.39, 0.29) is 30.2 Å². The maximum Gasteiger partial charge on any atom is 0.242 e. The first-order valence-electron chi connectivity index (χ1n) is 9.37. The van der Waals surface area contributed by atoms with Crippen LogP contribution in [0.5, 0.6) is 0 Å². The van der Waals surface area contributed by atoms with Crippen molar-refractivity contribution in [2.45, 2.75) is 31.6 Å². The molecule has 0 unspecified atom stereocenters. The van der Waals surface area contributed by atoms with E-state index in [4.69, 9.17) is 0 Å². The van der Waals surface area contributed by atoms with E-state index in [2.05, 4.69) is 4.98 Å². The molecular formula is C20H21N3O3. The summed E-state index contributed by atoms with van der Waals surface area (Å²) in [6.07, 6.45) is 3.41. The predicted octanol–water partition coefficient (Wildman–Crippen LogP) is 1.81. The third-order valence-corrected chi connectivity index (χ3v) is 6.11. The molecule has 3 aliphatic rings. The second-order valence-corrected chi connectivity index (χ2v) is 7.54. The number of hydrogen-bond donors (Lipinski definition) is 1. The Labute approximate surface area is 151 Å². The number of carbonyl (C=O) groups excluding carboxylic acids is 3. The van der Waals surface area contributed by atoms with E-state index in [1.54, 1.807) is 4.90 Å². The van der Waals surface area contributed by atoms with Crippen LogP contribution in [0.15, 0.2) is 24.3 Å². The van der Waals surface area contributed by atoms with Gasteiger partial charge in [0.05, 0.1) is 11.8 Å². The Morgan fingerprint density at radius 2 is 1.88 bits per heavy atom. The highest BCUT2D eigenvalue weighted by atomic mass is 16.2. The van der Waals surface area contributed by atoms with Gasteiger partial charge >= 0.3 is 0 Å². The molecule has 2 fully saturated rings. The lowest BCUT2D eigenvalue weighted by atomic mass is 9.78. The molecule has 6 heteroatoms. The highest BCUT2D eigenvalue weighted by Crippen LogP contribution is 2.45. The zero-order valence-corrected chi connectivity index (χ0v) is 14.5. The van der Waals surface area contributed by atoms with Crippen LogP contribution in [0.25, 0.3) is 10.9 Å². The van der Waals surface area contributed by atoms with Crippen LogP contribution >= 0.6 is 0 Å². The number of hydrogen-bond acceptors (Lipinski definition) is 3. The Balaban J connectivity index is 1.49. The van der Waals surface area contributed by atoms with Crippen LogP contribution in [-0.4, -0.2) is 52.1 Å². The van der Waals surface area contributed by atoms with E-state index >= 15 is 0 Å². The minimum absolute atomic E-state index is 0.109. The zero-order valence-electron chi connectivity index (χ0n) is 14.5. The van der Waals surface area contributed by atoms with Crippen LogP contribution in [0.2, 0.25) is 0 Å². The summed E-state index contributed by atoms with van der Waals surface area (Å²) in [5.41, 5.74) is 3.03. The van der Waals surface area contributed by atoms with Gasteiger partial charge in [-0.3, -0.25) is 19.3 Å². The Bertz CT molecular complexity index is 926. The van der Waals surface area contributed by atoms with E-state index in [9.17, 15) is 14.4 Å². The number of aromatic nitrogens is 1. The fourth-order valence-electron chi connectivity index (χ4n) is 4.84. The summed E-state index contributed by atoms with van der Waals surface area (Å²) in [6, 6.07) is 7.92. The molecule has 1 aromatic carbocycles. The third-order valence-electron chi connectivity index (χ3n) is 6.11. The van der Waals surface area contributed by atoms with Gasteiger partial charge in [-0.25, -0.2) is 0 Å². The van der Waals surface area contributed by atoms with E-state index in [0.29, 0.717) is 6.42 Å². The first-order valence-corrected chi connectivity index (χ1v) is 9.37. The van der Waals surface area contributed by atoms with Crippen molar-refractivity contribution >= 4 is 28.6 Å². The van der Waals surface area contributed by atoms with Gasteiger partial charge in [-0.2, -0.15) is 0 Å². The SMILES string of the molecule is O=C(CN1C(=O)[C@H]2CCc3[nH]c4ccccc4c3[C@@H]2C1=O)N1CCCC1. The zero-order chi connectivity index (χ0) is 17.8. The first-order chi connectivity index (χ1) is 12.6. The molecule has 6 nitrogen and oxygen atoms in total. The second kappa shape index (κ2) is 5.69. The average molecular weight is 351 g/mol. The summed E-state index contributed by atoms with van der Waals surface area (Å²) in [7, 11) is 0. The fraction of sp³-hybridized carbons (Fsp3) is 0.450. The van der Waals surface area contributed by atoms with E-state index < -0.39 is 5.92 Å². The molecule has 1 N–H and O–H groups in total. The van der Waals surface area contributed by atoms with E-state index in [1.807, 2.05) is 24.3 Å². The quantitative estimate of drug-likeness (QED) is 0.839. The van der Waals surface area contributed by atoms with Gasteiger partial charge in [0, 0.05) is 29.7 Å². The van der Waals surface area contributed by atoms with Gasteiger partial charge in [-0.1, -0.05) is 18.2 Å². The molecule has 2 saturated heterocycles. The number of amides is 3.